The van der Waals surface area contributed by atoms with Crippen molar-refractivity contribution >= 4 is 23.6 Å². The van der Waals surface area contributed by atoms with Crippen LogP contribution < -0.4 is 0 Å². The number of carboxylic acids is 1. The molecule has 3 rings (SSSR count). The van der Waals surface area contributed by atoms with E-state index < -0.39 is 12.0 Å². The van der Waals surface area contributed by atoms with E-state index in [4.69, 9.17) is 0 Å². The van der Waals surface area contributed by atoms with Crippen molar-refractivity contribution in [1.82, 2.24) is 4.90 Å². The van der Waals surface area contributed by atoms with Crippen LogP contribution in [0.2, 0.25) is 0 Å². The van der Waals surface area contributed by atoms with Crippen LogP contribution in [0.15, 0.2) is 54.6 Å². The molecule has 5 heteroatoms. The summed E-state index contributed by atoms with van der Waals surface area (Å²) < 4.78 is 0. The second-order valence-corrected chi connectivity index (χ2v) is 8.99. The zero-order chi connectivity index (χ0) is 19.6. The zero-order valence-corrected chi connectivity index (χ0v) is 16.7. The van der Waals surface area contributed by atoms with Crippen LogP contribution in [0.1, 0.15) is 42.8 Å². The summed E-state index contributed by atoms with van der Waals surface area (Å²) in [6.07, 6.45) is 0.210. The van der Waals surface area contributed by atoms with Crippen LogP contribution in [-0.2, 0) is 21.4 Å². The Morgan fingerprint density at radius 3 is 2.26 bits per heavy atom. The van der Waals surface area contributed by atoms with Gasteiger partial charge < -0.3 is 10.0 Å². The van der Waals surface area contributed by atoms with E-state index in [0.29, 0.717) is 5.75 Å². The van der Waals surface area contributed by atoms with Crippen molar-refractivity contribution in [2.75, 3.05) is 5.75 Å². The molecule has 2 atom stereocenters. The Bertz CT molecular complexity index is 812. The predicted octanol–water partition coefficient (Wildman–Crippen LogP) is 4.25. The normalized spacial score (nSPS) is 19.9. The minimum atomic E-state index is -0.947. The summed E-state index contributed by atoms with van der Waals surface area (Å²) >= 11 is 1.52. The minimum absolute atomic E-state index is 0.0494. The SMILES string of the molecule is CC(C)(C)c1ccc(C2SCC(C(=O)O)N2C(=O)Cc2ccccc2)cc1. The van der Waals surface area contributed by atoms with Crippen molar-refractivity contribution in [3.63, 3.8) is 0 Å². The maximum atomic E-state index is 13.0. The van der Waals surface area contributed by atoms with Crippen molar-refractivity contribution in [2.24, 2.45) is 0 Å². The summed E-state index contributed by atoms with van der Waals surface area (Å²) in [5.74, 6) is -0.692. The van der Waals surface area contributed by atoms with Gasteiger partial charge in [-0.15, -0.1) is 11.8 Å². The summed E-state index contributed by atoms with van der Waals surface area (Å²) in [4.78, 5) is 26.3. The highest BCUT2D eigenvalue weighted by atomic mass is 32.2. The second kappa shape index (κ2) is 7.77. The molecular formula is C22H25NO3S. The number of hydrogen-bond acceptors (Lipinski definition) is 3. The van der Waals surface area contributed by atoms with Crippen LogP contribution >= 0.6 is 11.8 Å². The predicted molar refractivity (Wildman–Crippen MR) is 109 cm³/mol. The highest BCUT2D eigenvalue weighted by molar-refractivity contribution is 7.99. The van der Waals surface area contributed by atoms with E-state index in [0.717, 1.165) is 11.1 Å². The van der Waals surface area contributed by atoms with Gasteiger partial charge in [0.1, 0.15) is 11.4 Å². The fourth-order valence-electron chi connectivity index (χ4n) is 3.27. The third-order valence-corrected chi connectivity index (χ3v) is 6.16. The monoisotopic (exact) mass is 383 g/mol. The molecule has 1 aliphatic heterocycles. The number of aliphatic carboxylic acids is 1. The van der Waals surface area contributed by atoms with Crippen molar-refractivity contribution in [3.05, 3.63) is 71.3 Å². The fraction of sp³-hybridized carbons (Fsp3) is 0.364. The Hall–Kier alpha value is -2.27. The first-order valence-electron chi connectivity index (χ1n) is 9.07. The van der Waals surface area contributed by atoms with Crippen LogP contribution in [0.5, 0.6) is 0 Å². The molecule has 1 fully saturated rings. The Balaban J connectivity index is 1.87. The quantitative estimate of drug-likeness (QED) is 0.857. The molecule has 0 saturated carbocycles. The highest BCUT2D eigenvalue weighted by Gasteiger charge is 2.42. The molecule has 1 aliphatic rings. The molecule has 1 heterocycles. The smallest absolute Gasteiger partial charge is 0.327 e. The van der Waals surface area contributed by atoms with Gasteiger partial charge in [-0.1, -0.05) is 75.4 Å². The van der Waals surface area contributed by atoms with E-state index in [9.17, 15) is 14.7 Å². The van der Waals surface area contributed by atoms with E-state index in [1.165, 1.54) is 17.3 Å². The number of benzene rings is 2. The second-order valence-electron chi connectivity index (χ2n) is 7.88. The molecule has 4 nitrogen and oxygen atoms in total. The Morgan fingerprint density at radius 2 is 1.70 bits per heavy atom. The third-order valence-electron chi connectivity index (χ3n) is 4.83. The van der Waals surface area contributed by atoms with Gasteiger partial charge in [0.15, 0.2) is 0 Å². The van der Waals surface area contributed by atoms with Gasteiger partial charge in [0.25, 0.3) is 0 Å². The molecule has 27 heavy (non-hydrogen) atoms. The van der Waals surface area contributed by atoms with Gasteiger partial charge >= 0.3 is 5.97 Å². The molecule has 142 valence electrons. The minimum Gasteiger partial charge on any atom is -0.480 e. The van der Waals surface area contributed by atoms with Gasteiger partial charge in [-0.3, -0.25) is 4.79 Å². The van der Waals surface area contributed by atoms with Crippen molar-refractivity contribution in [1.29, 1.82) is 0 Å². The lowest BCUT2D eigenvalue weighted by molar-refractivity contribution is -0.148. The molecule has 2 aromatic carbocycles. The van der Waals surface area contributed by atoms with Crippen LogP contribution in [0.3, 0.4) is 0 Å². The summed E-state index contributed by atoms with van der Waals surface area (Å²) in [6.45, 7) is 6.47. The summed E-state index contributed by atoms with van der Waals surface area (Å²) in [7, 11) is 0. The van der Waals surface area contributed by atoms with Crippen LogP contribution in [-0.4, -0.2) is 33.7 Å². The van der Waals surface area contributed by atoms with Crippen molar-refractivity contribution in [2.45, 2.75) is 44.0 Å². The third kappa shape index (κ3) is 4.35. The average Bonchev–Trinajstić information content (AvgIpc) is 3.07. The molecule has 2 unspecified atom stereocenters. The molecule has 0 bridgehead atoms. The Morgan fingerprint density at radius 1 is 1.07 bits per heavy atom. The number of rotatable bonds is 4. The van der Waals surface area contributed by atoms with E-state index in [2.05, 4.69) is 32.9 Å². The van der Waals surface area contributed by atoms with Crippen LogP contribution in [0.25, 0.3) is 0 Å². The van der Waals surface area contributed by atoms with Crippen LogP contribution in [0.4, 0.5) is 0 Å². The van der Waals surface area contributed by atoms with Gasteiger partial charge in [0, 0.05) is 5.75 Å². The molecule has 0 aromatic heterocycles. The van der Waals surface area contributed by atoms with Crippen LogP contribution in [0, 0.1) is 0 Å². The number of amides is 1. The van der Waals surface area contributed by atoms with Gasteiger partial charge in [0.2, 0.25) is 5.91 Å². The Labute approximate surface area is 164 Å². The van der Waals surface area contributed by atoms with E-state index in [-0.39, 0.29) is 23.1 Å². The molecule has 0 spiro atoms. The zero-order valence-electron chi connectivity index (χ0n) is 15.9. The molecule has 1 saturated heterocycles. The largest absolute Gasteiger partial charge is 0.480 e. The first-order chi connectivity index (χ1) is 12.8. The number of hydrogen-bond donors (Lipinski definition) is 1. The van der Waals surface area contributed by atoms with E-state index in [1.54, 1.807) is 4.90 Å². The standard InChI is InChI=1S/C22H25NO3S/c1-22(2,3)17-11-9-16(10-12-17)20-23(18(14-27-20)21(25)26)19(24)13-15-7-5-4-6-8-15/h4-12,18,20H,13-14H2,1-3H3,(H,25,26). The Kier molecular flexibility index (Phi) is 5.61. The van der Waals surface area contributed by atoms with E-state index >= 15 is 0 Å². The number of nitrogens with zero attached hydrogens (tertiary/aromatic N) is 1. The van der Waals surface area contributed by atoms with Gasteiger partial charge in [-0.2, -0.15) is 0 Å². The summed E-state index contributed by atoms with van der Waals surface area (Å²) in [6, 6.07) is 16.9. The summed E-state index contributed by atoms with van der Waals surface area (Å²) in [5, 5.41) is 9.34. The first-order valence-corrected chi connectivity index (χ1v) is 10.1. The number of thioether (sulfide) groups is 1. The van der Waals surface area contributed by atoms with Gasteiger partial charge in [-0.05, 0) is 22.1 Å². The fourth-order valence-corrected chi connectivity index (χ4v) is 4.71. The van der Waals surface area contributed by atoms with Crippen molar-refractivity contribution < 1.29 is 14.7 Å². The maximum Gasteiger partial charge on any atom is 0.327 e. The highest BCUT2D eigenvalue weighted by Crippen LogP contribution is 2.42. The molecule has 0 radical (unpaired) electrons. The average molecular weight is 384 g/mol. The number of carboxylic acid groups (broad SMARTS) is 1. The maximum absolute atomic E-state index is 13.0. The molecule has 1 N–H and O–H groups in total. The van der Waals surface area contributed by atoms with Gasteiger partial charge in [-0.25, -0.2) is 4.79 Å². The van der Waals surface area contributed by atoms with Gasteiger partial charge in [0.05, 0.1) is 6.42 Å². The molecule has 1 amide bonds. The van der Waals surface area contributed by atoms with Crippen molar-refractivity contribution in [3.8, 4) is 0 Å². The lowest BCUT2D eigenvalue weighted by Gasteiger charge is -2.28. The lowest BCUT2D eigenvalue weighted by Crippen LogP contribution is -2.43. The molecule has 2 aromatic rings. The lowest BCUT2D eigenvalue weighted by atomic mass is 9.86. The first kappa shape index (κ1) is 19.5. The van der Waals surface area contributed by atoms with E-state index in [1.807, 2.05) is 42.5 Å². The summed E-state index contributed by atoms with van der Waals surface area (Å²) in [5.41, 5.74) is 3.13. The molecular weight excluding hydrogens is 358 g/mol. The number of carbonyl (C=O) groups excluding carboxylic acids is 1. The molecule has 0 aliphatic carbocycles. The topological polar surface area (TPSA) is 57.6 Å². The number of carbonyl (C=O) groups is 2.